The molecule has 0 bridgehead atoms. The molecule has 0 fully saturated rings. The first-order valence-electron chi connectivity index (χ1n) is 10.2. The molecule has 1 N–H and O–H groups in total. The van der Waals surface area contributed by atoms with Gasteiger partial charge in [0, 0.05) is 6.54 Å². The maximum absolute atomic E-state index is 12.4. The van der Waals surface area contributed by atoms with Gasteiger partial charge < -0.3 is 10.1 Å². The Kier molecular flexibility index (Phi) is 7.89. The molecule has 6 nitrogen and oxygen atoms in total. The normalized spacial score (nSPS) is 11.7. The quantitative estimate of drug-likeness (QED) is 0.371. The zero-order valence-electron chi connectivity index (χ0n) is 18.2. The van der Waals surface area contributed by atoms with Crippen molar-refractivity contribution in [2.24, 2.45) is 0 Å². The molecule has 3 aromatic rings. The van der Waals surface area contributed by atoms with Crippen molar-refractivity contribution in [2.75, 3.05) is 5.75 Å². The van der Waals surface area contributed by atoms with E-state index in [2.05, 4.69) is 35.1 Å². The number of hydrogen-bond acceptors (Lipinski definition) is 5. The number of rotatable bonds is 10. The highest BCUT2D eigenvalue weighted by Crippen LogP contribution is 2.23. The second-order valence-electron chi connectivity index (χ2n) is 7.27. The van der Waals surface area contributed by atoms with Crippen molar-refractivity contribution in [3.8, 4) is 5.75 Å². The van der Waals surface area contributed by atoms with Crippen LogP contribution in [0, 0.1) is 13.8 Å². The van der Waals surface area contributed by atoms with E-state index >= 15 is 0 Å². The van der Waals surface area contributed by atoms with Crippen molar-refractivity contribution in [3.05, 3.63) is 83.7 Å². The molecule has 0 aliphatic carbocycles. The molecule has 0 saturated heterocycles. The van der Waals surface area contributed by atoms with Crippen LogP contribution >= 0.6 is 11.8 Å². The van der Waals surface area contributed by atoms with Crippen LogP contribution in [0.25, 0.3) is 0 Å². The van der Waals surface area contributed by atoms with E-state index in [0.29, 0.717) is 24.1 Å². The number of amides is 1. The number of aromatic nitrogens is 3. The van der Waals surface area contributed by atoms with Crippen LogP contribution in [0.4, 0.5) is 0 Å². The predicted molar refractivity (Wildman–Crippen MR) is 124 cm³/mol. The number of aryl methyl sites for hydroxylation is 1. The lowest BCUT2D eigenvalue weighted by Gasteiger charge is -2.14. The molecule has 1 amide bonds. The number of nitrogens with one attached hydrogen (secondary N) is 1. The predicted octanol–water partition coefficient (Wildman–Crippen LogP) is 4.63. The molecule has 0 aliphatic heterocycles. The molecule has 1 aromatic heterocycles. The Balaban J connectivity index is 1.61. The summed E-state index contributed by atoms with van der Waals surface area (Å²) in [6.45, 7) is 10.7. The van der Waals surface area contributed by atoms with Crippen molar-refractivity contribution in [2.45, 2.75) is 45.1 Å². The molecular weight excluding hydrogens is 408 g/mol. The molecule has 1 heterocycles. The van der Waals surface area contributed by atoms with E-state index < -0.39 is 0 Å². The number of benzene rings is 2. The third-order valence-corrected chi connectivity index (χ3v) is 5.99. The Labute approximate surface area is 187 Å². The Morgan fingerprint density at radius 2 is 1.97 bits per heavy atom. The van der Waals surface area contributed by atoms with Crippen molar-refractivity contribution < 1.29 is 9.53 Å². The number of allylic oxidation sites excluding steroid dienone is 1. The van der Waals surface area contributed by atoms with Gasteiger partial charge in [-0.1, -0.05) is 60.3 Å². The van der Waals surface area contributed by atoms with E-state index in [9.17, 15) is 4.79 Å². The molecule has 0 aliphatic rings. The second-order valence-corrected chi connectivity index (χ2v) is 8.22. The number of thioether (sulfide) groups is 1. The SMILES string of the molecule is C=CCn1c(COc2cccc(C)c2C)nnc1SCC(=O)NC(C)c1ccccc1. The van der Waals surface area contributed by atoms with Crippen molar-refractivity contribution in [1.29, 1.82) is 0 Å². The van der Waals surface area contributed by atoms with Gasteiger partial charge in [0.25, 0.3) is 0 Å². The fraction of sp³-hybridized carbons (Fsp3) is 0.292. The largest absolute Gasteiger partial charge is 0.485 e. The summed E-state index contributed by atoms with van der Waals surface area (Å²) in [5.41, 5.74) is 3.36. The summed E-state index contributed by atoms with van der Waals surface area (Å²) in [6, 6.07) is 15.8. The molecule has 0 spiro atoms. The van der Waals surface area contributed by atoms with E-state index in [4.69, 9.17) is 4.74 Å². The summed E-state index contributed by atoms with van der Waals surface area (Å²) in [7, 11) is 0. The number of carbonyl (C=O) groups is 1. The van der Waals surface area contributed by atoms with Crippen LogP contribution in [-0.2, 0) is 17.9 Å². The maximum Gasteiger partial charge on any atom is 0.230 e. The van der Waals surface area contributed by atoms with Crippen LogP contribution in [0.5, 0.6) is 5.75 Å². The molecule has 162 valence electrons. The molecule has 31 heavy (non-hydrogen) atoms. The van der Waals surface area contributed by atoms with Crippen LogP contribution in [0.3, 0.4) is 0 Å². The van der Waals surface area contributed by atoms with Gasteiger partial charge >= 0.3 is 0 Å². The lowest BCUT2D eigenvalue weighted by Crippen LogP contribution is -2.28. The van der Waals surface area contributed by atoms with Gasteiger partial charge in [0.1, 0.15) is 12.4 Å². The average molecular weight is 437 g/mol. The van der Waals surface area contributed by atoms with Crippen molar-refractivity contribution in [1.82, 2.24) is 20.1 Å². The third kappa shape index (κ3) is 5.98. The maximum atomic E-state index is 12.4. The van der Waals surface area contributed by atoms with Crippen molar-refractivity contribution in [3.63, 3.8) is 0 Å². The summed E-state index contributed by atoms with van der Waals surface area (Å²) in [4.78, 5) is 12.4. The standard InChI is InChI=1S/C24H28N4O2S/c1-5-14-28-22(15-30-21-13-9-10-17(2)18(21)3)26-27-24(28)31-16-23(29)25-19(4)20-11-7-6-8-12-20/h5-13,19H,1,14-16H2,2-4H3,(H,25,29). The molecule has 1 unspecified atom stereocenters. The Hall–Kier alpha value is -3.06. The monoisotopic (exact) mass is 436 g/mol. The van der Waals surface area contributed by atoms with Gasteiger partial charge in [-0.25, -0.2) is 0 Å². The van der Waals surface area contributed by atoms with Gasteiger partial charge in [-0.15, -0.1) is 16.8 Å². The molecule has 7 heteroatoms. The Bertz CT molecular complexity index is 1030. The first-order valence-corrected chi connectivity index (χ1v) is 11.2. The minimum absolute atomic E-state index is 0.0531. The lowest BCUT2D eigenvalue weighted by molar-refractivity contribution is -0.119. The molecule has 2 aromatic carbocycles. The summed E-state index contributed by atoms with van der Waals surface area (Å²) in [6.07, 6.45) is 1.78. The van der Waals surface area contributed by atoms with E-state index in [0.717, 1.165) is 16.9 Å². The minimum atomic E-state index is -0.0538. The van der Waals surface area contributed by atoms with E-state index in [1.807, 2.05) is 60.9 Å². The zero-order valence-corrected chi connectivity index (χ0v) is 19.0. The first kappa shape index (κ1) is 22.6. The van der Waals surface area contributed by atoms with Gasteiger partial charge in [0.05, 0.1) is 11.8 Å². The van der Waals surface area contributed by atoms with Crippen molar-refractivity contribution >= 4 is 17.7 Å². The summed E-state index contributed by atoms with van der Waals surface area (Å²) >= 11 is 1.35. The number of ether oxygens (including phenoxy) is 1. The Morgan fingerprint density at radius 1 is 1.19 bits per heavy atom. The third-order valence-electron chi connectivity index (χ3n) is 5.03. The van der Waals surface area contributed by atoms with Gasteiger partial charge in [-0.2, -0.15) is 0 Å². The summed E-state index contributed by atoms with van der Waals surface area (Å²) in [5, 5.41) is 12.2. The highest BCUT2D eigenvalue weighted by Gasteiger charge is 2.16. The minimum Gasteiger partial charge on any atom is -0.485 e. The number of hydrogen-bond donors (Lipinski definition) is 1. The van der Waals surface area contributed by atoms with Gasteiger partial charge in [0.2, 0.25) is 5.91 Å². The summed E-state index contributed by atoms with van der Waals surface area (Å²) < 4.78 is 7.91. The highest BCUT2D eigenvalue weighted by atomic mass is 32.2. The van der Waals surface area contributed by atoms with Crippen LogP contribution in [0.15, 0.2) is 66.3 Å². The van der Waals surface area contributed by atoms with E-state index in [-0.39, 0.29) is 17.7 Å². The topological polar surface area (TPSA) is 69.0 Å². The first-order chi connectivity index (χ1) is 15.0. The van der Waals surface area contributed by atoms with Crippen LogP contribution in [0.2, 0.25) is 0 Å². The molecule has 0 radical (unpaired) electrons. The summed E-state index contributed by atoms with van der Waals surface area (Å²) in [5.74, 6) is 1.73. The van der Waals surface area contributed by atoms with E-state index in [1.54, 1.807) is 6.08 Å². The zero-order chi connectivity index (χ0) is 22.2. The fourth-order valence-corrected chi connectivity index (χ4v) is 3.88. The molecule has 0 saturated carbocycles. The second kappa shape index (κ2) is 10.8. The molecule has 3 rings (SSSR count). The van der Waals surface area contributed by atoms with Gasteiger partial charge in [0.15, 0.2) is 11.0 Å². The smallest absolute Gasteiger partial charge is 0.230 e. The fourth-order valence-electron chi connectivity index (χ4n) is 3.11. The highest BCUT2D eigenvalue weighted by molar-refractivity contribution is 7.99. The lowest BCUT2D eigenvalue weighted by atomic mass is 10.1. The van der Waals surface area contributed by atoms with Crippen LogP contribution < -0.4 is 10.1 Å². The van der Waals surface area contributed by atoms with Crippen LogP contribution in [0.1, 0.15) is 35.5 Å². The number of carbonyl (C=O) groups excluding carboxylic acids is 1. The van der Waals surface area contributed by atoms with Gasteiger partial charge in [-0.05, 0) is 43.5 Å². The molecular formula is C24H28N4O2S. The number of nitrogens with zero attached hydrogens (tertiary/aromatic N) is 3. The van der Waals surface area contributed by atoms with Crippen LogP contribution in [-0.4, -0.2) is 26.4 Å². The van der Waals surface area contributed by atoms with Gasteiger partial charge in [-0.3, -0.25) is 9.36 Å². The average Bonchev–Trinajstić information content (AvgIpc) is 3.15. The Morgan fingerprint density at radius 3 is 2.71 bits per heavy atom. The molecule has 1 atom stereocenters. The van der Waals surface area contributed by atoms with E-state index in [1.165, 1.54) is 17.3 Å².